The summed E-state index contributed by atoms with van der Waals surface area (Å²) in [5.74, 6) is 1.10. The molecule has 1 N–H and O–H groups in total. The number of nitrogens with zero attached hydrogens (tertiary/aromatic N) is 1. The van der Waals surface area contributed by atoms with Gasteiger partial charge in [-0.1, -0.05) is 17.7 Å². The molecular weight excluding hydrogens is 440 g/mol. The van der Waals surface area contributed by atoms with E-state index in [1.807, 2.05) is 0 Å². The van der Waals surface area contributed by atoms with Gasteiger partial charge >= 0.3 is 0 Å². The molecule has 9 heteroatoms. The second-order valence-electron chi connectivity index (χ2n) is 6.69. The zero-order valence-electron chi connectivity index (χ0n) is 17.1. The van der Waals surface area contributed by atoms with Crippen LogP contribution in [0.2, 0.25) is 5.02 Å². The first-order valence-electron chi connectivity index (χ1n) is 9.16. The Balaban J connectivity index is 1.87. The summed E-state index contributed by atoms with van der Waals surface area (Å²) >= 11 is 6.10. The highest BCUT2D eigenvalue weighted by Gasteiger charge is 2.19. The van der Waals surface area contributed by atoms with Crippen LogP contribution in [0.1, 0.15) is 10.4 Å². The molecule has 3 aromatic carbocycles. The highest BCUT2D eigenvalue weighted by molar-refractivity contribution is 7.89. The van der Waals surface area contributed by atoms with Crippen LogP contribution in [0.5, 0.6) is 17.2 Å². The maximum Gasteiger partial charge on any atom is 0.255 e. The predicted molar refractivity (Wildman–Crippen MR) is 120 cm³/mol. The Hall–Kier alpha value is -3.07. The average Bonchev–Trinajstić information content (AvgIpc) is 2.76. The highest BCUT2D eigenvalue weighted by Crippen LogP contribution is 2.33. The number of amides is 1. The molecule has 7 nitrogen and oxygen atoms in total. The van der Waals surface area contributed by atoms with Crippen LogP contribution in [0.4, 0.5) is 5.69 Å². The topological polar surface area (TPSA) is 84.9 Å². The second-order valence-corrected chi connectivity index (χ2v) is 9.28. The van der Waals surface area contributed by atoms with Crippen LogP contribution < -0.4 is 14.8 Å². The lowest BCUT2D eigenvalue weighted by Gasteiger charge is -2.14. The first kappa shape index (κ1) is 22.6. The van der Waals surface area contributed by atoms with Crippen LogP contribution in [0, 0.1) is 0 Å². The average molecular weight is 461 g/mol. The Labute approximate surface area is 186 Å². The number of halogens is 1. The molecule has 31 heavy (non-hydrogen) atoms. The van der Waals surface area contributed by atoms with Crippen molar-refractivity contribution in [1.82, 2.24) is 4.31 Å². The van der Waals surface area contributed by atoms with E-state index in [1.165, 1.54) is 38.4 Å². The molecule has 3 aromatic rings. The number of sulfonamides is 1. The van der Waals surface area contributed by atoms with E-state index in [0.29, 0.717) is 28.0 Å². The molecule has 0 spiro atoms. The van der Waals surface area contributed by atoms with Crippen LogP contribution in [0.3, 0.4) is 0 Å². The predicted octanol–water partition coefficient (Wildman–Crippen LogP) is 4.64. The molecule has 0 fully saturated rings. The Kier molecular flexibility index (Phi) is 6.84. The van der Waals surface area contributed by atoms with Crippen molar-refractivity contribution in [3.05, 3.63) is 77.3 Å². The lowest BCUT2D eigenvalue weighted by molar-refractivity contribution is 0.102. The second kappa shape index (κ2) is 9.38. The van der Waals surface area contributed by atoms with Gasteiger partial charge in [-0.2, -0.15) is 0 Å². The summed E-state index contributed by atoms with van der Waals surface area (Å²) in [6.07, 6.45) is 0. The van der Waals surface area contributed by atoms with Crippen LogP contribution >= 0.6 is 11.6 Å². The maximum atomic E-state index is 12.8. The Morgan fingerprint density at radius 1 is 0.968 bits per heavy atom. The molecule has 0 atom stereocenters. The van der Waals surface area contributed by atoms with Crippen molar-refractivity contribution in [1.29, 1.82) is 0 Å². The molecule has 0 aliphatic heterocycles. The number of ether oxygens (including phenoxy) is 2. The molecule has 0 aromatic heterocycles. The van der Waals surface area contributed by atoms with Crippen molar-refractivity contribution in [2.45, 2.75) is 4.90 Å². The number of benzene rings is 3. The minimum atomic E-state index is -3.67. The van der Waals surface area contributed by atoms with Gasteiger partial charge in [-0.3, -0.25) is 4.79 Å². The Bertz CT molecular complexity index is 1190. The fourth-order valence-corrected chi connectivity index (χ4v) is 3.78. The van der Waals surface area contributed by atoms with Crippen molar-refractivity contribution in [3.63, 3.8) is 0 Å². The van der Waals surface area contributed by atoms with Crippen molar-refractivity contribution >= 4 is 33.2 Å². The van der Waals surface area contributed by atoms with Gasteiger partial charge in [0.15, 0.2) is 5.75 Å². The summed E-state index contributed by atoms with van der Waals surface area (Å²) in [5, 5.41) is 3.14. The zero-order valence-corrected chi connectivity index (χ0v) is 18.7. The smallest absolute Gasteiger partial charge is 0.255 e. The molecule has 3 rings (SSSR count). The van der Waals surface area contributed by atoms with Gasteiger partial charge in [0.05, 0.1) is 17.7 Å². The van der Waals surface area contributed by atoms with Gasteiger partial charge in [-0.05, 0) is 60.7 Å². The molecule has 0 saturated carbocycles. The van der Waals surface area contributed by atoms with Crippen molar-refractivity contribution < 1.29 is 22.7 Å². The van der Waals surface area contributed by atoms with Gasteiger partial charge in [-0.15, -0.1) is 0 Å². The van der Waals surface area contributed by atoms with E-state index in [-0.39, 0.29) is 10.5 Å². The standard InChI is InChI=1S/C22H21ClN2O5S/c1-25(2)31(27,28)19-6-4-5-15(13-19)22(26)24-20-14-16(23)7-12-21(20)30-18-10-8-17(29-3)9-11-18/h4-14H,1-3H3,(H,24,26). The van der Waals surface area contributed by atoms with Crippen molar-refractivity contribution in [3.8, 4) is 17.2 Å². The first-order chi connectivity index (χ1) is 14.7. The van der Waals surface area contributed by atoms with Crippen molar-refractivity contribution in [2.24, 2.45) is 0 Å². The van der Waals surface area contributed by atoms with Crippen LogP contribution in [-0.2, 0) is 10.0 Å². The summed E-state index contributed by atoms with van der Waals surface area (Å²) in [6.45, 7) is 0. The largest absolute Gasteiger partial charge is 0.497 e. The van der Waals surface area contributed by atoms with Gasteiger partial charge in [0.2, 0.25) is 10.0 Å². The van der Waals surface area contributed by atoms with Gasteiger partial charge in [0.1, 0.15) is 11.5 Å². The normalized spacial score (nSPS) is 11.3. The molecule has 0 heterocycles. The monoisotopic (exact) mass is 460 g/mol. The molecule has 0 unspecified atom stereocenters. The van der Waals surface area contributed by atoms with E-state index in [0.717, 1.165) is 4.31 Å². The summed E-state index contributed by atoms with van der Waals surface area (Å²) in [4.78, 5) is 12.8. The highest BCUT2D eigenvalue weighted by atomic mass is 35.5. The van der Waals surface area contributed by atoms with E-state index in [9.17, 15) is 13.2 Å². The molecule has 0 aliphatic carbocycles. The van der Waals surface area contributed by atoms with E-state index in [2.05, 4.69) is 5.32 Å². The van der Waals surface area contributed by atoms with Crippen LogP contribution in [-0.4, -0.2) is 39.8 Å². The number of nitrogens with one attached hydrogen (secondary N) is 1. The van der Waals surface area contributed by atoms with Gasteiger partial charge in [0.25, 0.3) is 5.91 Å². The summed E-state index contributed by atoms with van der Waals surface area (Å²) < 4.78 is 36.8. The quantitative estimate of drug-likeness (QED) is 0.555. The minimum Gasteiger partial charge on any atom is -0.497 e. The zero-order chi connectivity index (χ0) is 22.6. The number of rotatable bonds is 7. The molecule has 1 amide bonds. The summed E-state index contributed by atoms with van der Waals surface area (Å²) in [7, 11) is 0.756. The lowest BCUT2D eigenvalue weighted by Crippen LogP contribution is -2.22. The summed E-state index contributed by atoms with van der Waals surface area (Å²) in [5.41, 5.74) is 0.521. The fraction of sp³-hybridized carbons (Fsp3) is 0.136. The third-order valence-corrected chi connectivity index (χ3v) is 6.40. The van der Waals surface area contributed by atoms with Crippen LogP contribution in [0.15, 0.2) is 71.6 Å². The molecule has 162 valence electrons. The maximum absolute atomic E-state index is 12.8. The Morgan fingerprint density at radius 3 is 2.29 bits per heavy atom. The van der Waals surface area contributed by atoms with E-state index >= 15 is 0 Å². The number of hydrogen-bond donors (Lipinski definition) is 1. The van der Waals surface area contributed by atoms with Gasteiger partial charge < -0.3 is 14.8 Å². The molecule has 0 bridgehead atoms. The van der Waals surface area contributed by atoms with Crippen molar-refractivity contribution in [2.75, 3.05) is 26.5 Å². The number of carbonyl (C=O) groups excluding carboxylic acids is 1. The third kappa shape index (κ3) is 5.35. The first-order valence-corrected chi connectivity index (χ1v) is 11.0. The van der Waals surface area contributed by atoms with E-state index < -0.39 is 15.9 Å². The molecule has 0 saturated heterocycles. The Morgan fingerprint density at radius 2 is 1.65 bits per heavy atom. The number of anilines is 1. The minimum absolute atomic E-state index is 0.0194. The number of methoxy groups -OCH3 is 1. The molecule has 0 radical (unpaired) electrons. The lowest BCUT2D eigenvalue weighted by atomic mass is 10.2. The number of hydrogen-bond acceptors (Lipinski definition) is 5. The van der Waals surface area contributed by atoms with Crippen LogP contribution in [0.25, 0.3) is 0 Å². The number of carbonyl (C=O) groups is 1. The third-order valence-electron chi connectivity index (χ3n) is 4.35. The van der Waals surface area contributed by atoms with E-state index in [1.54, 1.807) is 49.6 Å². The van der Waals surface area contributed by atoms with Gasteiger partial charge in [-0.25, -0.2) is 12.7 Å². The van der Waals surface area contributed by atoms with Gasteiger partial charge in [0, 0.05) is 24.7 Å². The molecular formula is C22H21ClN2O5S. The SMILES string of the molecule is COc1ccc(Oc2ccc(Cl)cc2NC(=O)c2cccc(S(=O)(=O)N(C)C)c2)cc1. The molecule has 0 aliphatic rings. The summed E-state index contributed by atoms with van der Waals surface area (Å²) in [6, 6.07) is 17.6. The fourth-order valence-electron chi connectivity index (χ4n) is 2.66. The van der Waals surface area contributed by atoms with E-state index in [4.69, 9.17) is 21.1 Å².